The number of hydrogen-bond donors (Lipinski definition) is 0. The van der Waals surface area contributed by atoms with Gasteiger partial charge in [-0.25, -0.2) is 0 Å². The third-order valence-corrected chi connectivity index (χ3v) is 5.95. The summed E-state index contributed by atoms with van der Waals surface area (Å²) in [7, 11) is 0. The van der Waals surface area contributed by atoms with E-state index < -0.39 is 0 Å². The third-order valence-electron chi connectivity index (χ3n) is 5.95. The van der Waals surface area contributed by atoms with Crippen LogP contribution >= 0.6 is 0 Å². The first-order valence-electron chi connectivity index (χ1n) is 7.87. The van der Waals surface area contributed by atoms with Gasteiger partial charge in [0.2, 0.25) is 0 Å². The van der Waals surface area contributed by atoms with Crippen LogP contribution in [0.4, 0.5) is 0 Å². The standard InChI is InChI=1S/C18H16N2O2/c21-16-14-12-6-7-13(18(12)8-9-18)15(14)17(22)20(16)19-10-11-4-2-1-3-5-11/h1-7,10,12-15H,8-9H2/b19-10-/t12-,13+,14-,15-/m0/s1. The summed E-state index contributed by atoms with van der Waals surface area (Å²) in [5.41, 5.74) is 1.13. The van der Waals surface area contributed by atoms with E-state index in [2.05, 4.69) is 17.3 Å². The molecule has 2 bridgehead atoms. The van der Waals surface area contributed by atoms with Crippen molar-refractivity contribution in [2.45, 2.75) is 12.8 Å². The molecule has 4 heteroatoms. The number of imide groups is 1. The average Bonchev–Trinajstić information content (AvgIpc) is 3.14. The van der Waals surface area contributed by atoms with E-state index in [9.17, 15) is 9.59 Å². The fourth-order valence-corrected chi connectivity index (χ4v) is 4.84. The van der Waals surface area contributed by atoms with Crippen LogP contribution < -0.4 is 0 Å². The Morgan fingerprint density at radius 1 is 1.00 bits per heavy atom. The Balaban J connectivity index is 1.46. The molecule has 1 aromatic carbocycles. The lowest BCUT2D eigenvalue weighted by Crippen LogP contribution is -2.30. The van der Waals surface area contributed by atoms with Gasteiger partial charge in [0.25, 0.3) is 11.8 Å². The van der Waals surface area contributed by atoms with E-state index in [1.54, 1.807) is 6.21 Å². The van der Waals surface area contributed by atoms with Gasteiger partial charge in [0.05, 0.1) is 18.1 Å². The molecule has 4 aliphatic rings. The number of benzene rings is 1. The Hall–Kier alpha value is -2.23. The molecule has 0 N–H and O–H groups in total. The number of nitrogens with zero attached hydrogens (tertiary/aromatic N) is 2. The molecule has 4 nitrogen and oxygen atoms in total. The first-order chi connectivity index (χ1) is 10.7. The molecule has 4 atom stereocenters. The molecule has 1 heterocycles. The minimum absolute atomic E-state index is 0.106. The lowest BCUT2D eigenvalue weighted by Gasteiger charge is -2.18. The fourth-order valence-electron chi connectivity index (χ4n) is 4.84. The van der Waals surface area contributed by atoms with Gasteiger partial charge in [0, 0.05) is 0 Å². The summed E-state index contributed by atoms with van der Waals surface area (Å²) in [5.74, 6) is -0.0294. The molecule has 3 fully saturated rings. The van der Waals surface area contributed by atoms with Crippen molar-refractivity contribution in [2.24, 2.45) is 34.2 Å². The molecular formula is C18H16N2O2. The summed E-state index contributed by atoms with van der Waals surface area (Å²) in [6.45, 7) is 0. The minimum Gasteiger partial charge on any atom is -0.272 e. The van der Waals surface area contributed by atoms with Crippen molar-refractivity contribution in [1.29, 1.82) is 0 Å². The molecule has 1 aliphatic heterocycles. The monoisotopic (exact) mass is 292 g/mol. The van der Waals surface area contributed by atoms with Crippen molar-refractivity contribution in [2.75, 3.05) is 0 Å². The lowest BCUT2D eigenvalue weighted by molar-refractivity contribution is -0.141. The molecule has 0 aromatic heterocycles. The Bertz CT molecular complexity index is 699. The van der Waals surface area contributed by atoms with Crippen LogP contribution in [0.2, 0.25) is 0 Å². The van der Waals surface area contributed by atoms with E-state index in [1.165, 1.54) is 0 Å². The molecule has 0 unspecified atom stereocenters. The van der Waals surface area contributed by atoms with Gasteiger partial charge in [-0.1, -0.05) is 42.5 Å². The second kappa shape index (κ2) is 3.94. The van der Waals surface area contributed by atoms with Gasteiger partial charge in [-0.15, -0.1) is 0 Å². The lowest BCUT2D eigenvalue weighted by atomic mass is 9.85. The smallest absolute Gasteiger partial charge is 0.254 e. The summed E-state index contributed by atoms with van der Waals surface area (Å²) in [6, 6.07) is 9.54. The van der Waals surface area contributed by atoms with Crippen LogP contribution in [-0.2, 0) is 9.59 Å². The summed E-state index contributed by atoms with van der Waals surface area (Å²) in [6.07, 6.45) is 8.27. The molecule has 0 radical (unpaired) electrons. The topological polar surface area (TPSA) is 49.7 Å². The van der Waals surface area contributed by atoms with Crippen molar-refractivity contribution in [3.05, 3.63) is 48.0 Å². The first kappa shape index (κ1) is 12.3. The maximum absolute atomic E-state index is 12.7. The van der Waals surface area contributed by atoms with Crippen LogP contribution in [0.5, 0.6) is 0 Å². The van der Waals surface area contributed by atoms with Gasteiger partial charge in [0.1, 0.15) is 0 Å². The van der Waals surface area contributed by atoms with Crippen molar-refractivity contribution in [1.82, 2.24) is 5.01 Å². The Morgan fingerprint density at radius 3 is 2.14 bits per heavy atom. The Labute approximate surface area is 128 Å². The zero-order valence-electron chi connectivity index (χ0n) is 12.1. The fraction of sp³-hybridized carbons (Fsp3) is 0.389. The predicted octanol–water partition coefficient (Wildman–Crippen LogP) is 2.22. The highest BCUT2D eigenvalue weighted by Gasteiger charge is 2.73. The van der Waals surface area contributed by atoms with Gasteiger partial charge < -0.3 is 0 Å². The van der Waals surface area contributed by atoms with Crippen molar-refractivity contribution in [3.63, 3.8) is 0 Å². The molecule has 2 amide bonds. The number of carbonyl (C=O) groups excluding carboxylic acids is 2. The van der Waals surface area contributed by atoms with E-state index in [1.807, 2.05) is 30.3 Å². The molecule has 1 saturated heterocycles. The highest BCUT2D eigenvalue weighted by Crippen LogP contribution is 2.73. The highest BCUT2D eigenvalue weighted by atomic mass is 16.2. The van der Waals surface area contributed by atoms with Gasteiger partial charge in [-0.2, -0.15) is 10.1 Å². The number of amides is 2. The summed E-state index contributed by atoms with van der Waals surface area (Å²) >= 11 is 0. The largest absolute Gasteiger partial charge is 0.272 e. The van der Waals surface area contributed by atoms with Crippen LogP contribution in [0.25, 0.3) is 0 Å². The normalized spacial score (nSPS) is 36.8. The molecule has 1 aromatic rings. The molecular weight excluding hydrogens is 276 g/mol. The number of hydrazone groups is 1. The number of carbonyl (C=O) groups is 2. The molecule has 110 valence electrons. The molecule has 1 spiro atoms. The average molecular weight is 292 g/mol. The Kier molecular flexibility index (Phi) is 2.21. The van der Waals surface area contributed by atoms with E-state index in [4.69, 9.17) is 0 Å². The number of fused-ring (bicyclic) bond motifs is 3. The van der Waals surface area contributed by atoms with E-state index >= 15 is 0 Å². The van der Waals surface area contributed by atoms with Crippen LogP contribution in [0.15, 0.2) is 47.6 Å². The molecule has 3 aliphatic carbocycles. The predicted molar refractivity (Wildman–Crippen MR) is 80.7 cm³/mol. The van der Waals surface area contributed by atoms with Gasteiger partial charge >= 0.3 is 0 Å². The van der Waals surface area contributed by atoms with Gasteiger partial charge in [-0.05, 0) is 35.7 Å². The van der Waals surface area contributed by atoms with Crippen LogP contribution in [0.3, 0.4) is 0 Å². The Morgan fingerprint density at radius 2 is 1.59 bits per heavy atom. The highest BCUT2D eigenvalue weighted by molar-refractivity contribution is 6.07. The molecule has 5 rings (SSSR count). The van der Waals surface area contributed by atoms with Crippen LogP contribution in [0.1, 0.15) is 18.4 Å². The van der Waals surface area contributed by atoms with Crippen molar-refractivity contribution in [3.8, 4) is 0 Å². The quantitative estimate of drug-likeness (QED) is 0.477. The van der Waals surface area contributed by atoms with Crippen molar-refractivity contribution >= 4 is 18.0 Å². The zero-order chi connectivity index (χ0) is 14.9. The maximum Gasteiger partial charge on any atom is 0.254 e. The van der Waals surface area contributed by atoms with E-state index in [-0.39, 0.29) is 40.9 Å². The van der Waals surface area contributed by atoms with E-state index in [0.717, 1.165) is 23.4 Å². The van der Waals surface area contributed by atoms with Gasteiger partial charge in [0.15, 0.2) is 0 Å². The molecule has 22 heavy (non-hydrogen) atoms. The second-order valence-electron chi connectivity index (χ2n) is 6.86. The first-order valence-corrected chi connectivity index (χ1v) is 7.87. The third kappa shape index (κ3) is 1.35. The maximum atomic E-state index is 12.7. The summed E-state index contributed by atoms with van der Waals surface area (Å²) in [5, 5.41) is 5.30. The zero-order valence-corrected chi connectivity index (χ0v) is 12.1. The second-order valence-corrected chi connectivity index (χ2v) is 6.86. The van der Waals surface area contributed by atoms with Crippen molar-refractivity contribution < 1.29 is 9.59 Å². The SMILES string of the molecule is O=C1[C@@H]2[C@@H](C(=O)N1/N=C\c1ccccc1)[C@@H]1C=C[C@H]2C12CC2. The van der Waals surface area contributed by atoms with Gasteiger partial charge in [-0.3, -0.25) is 9.59 Å². The summed E-state index contributed by atoms with van der Waals surface area (Å²) in [4.78, 5) is 25.4. The minimum atomic E-state index is -0.169. The van der Waals surface area contributed by atoms with Crippen LogP contribution in [-0.4, -0.2) is 23.0 Å². The van der Waals surface area contributed by atoms with E-state index in [0.29, 0.717) is 0 Å². The number of allylic oxidation sites excluding steroid dienone is 2. The van der Waals surface area contributed by atoms with Crippen LogP contribution in [0, 0.1) is 29.1 Å². The molecule has 2 saturated carbocycles. The number of rotatable bonds is 2. The summed E-state index contributed by atoms with van der Waals surface area (Å²) < 4.78 is 0. The number of hydrogen-bond acceptors (Lipinski definition) is 3.